The largest absolute Gasteiger partial charge is 0.384 e. The van der Waals surface area contributed by atoms with Gasteiger partial charge in [0.25, 0.3) is 0 Å². The van der Waals surface area contributed by atoms with Crippen LogP contribution in [0.4, 0.5) is 0 Å². The molecule has 0 aromatic heterocycles. The van der Waals surface area contributed by atoms with Gasteiger partial charge in [0, 0.05) is 26.1 Å². The van der Waals surface area contributed by atoms with E-state index in [0.29, 0.717) is 11.8 Å². The number of hydrogen-bond acceptors (Lipinski definition) is 2. The second-order valence-electron chi connectivity index (χ2n) is 5.23. The zero-order chi connectivity index (χ0) is 12.1. The summed E-state index contributed by atoms with van der Waals surface area (Å²) >= 11 is 0. The maximum Gasteiger partial charge on any atom is 0.226 e. The number of methoxy groups -OCH3 is 1. The second-order valence-corrected chi connectivity index (χ2v) is 5.23. The number of carbonyl (C=O) groups excluding carboxylic acids is 1. The van der Waals surface area contributed by atoms with Gasteiger partial charge in [-0.25, -0.2) is 0 Å². The van der Waals surface area contributed by atoms with E-state index in [0.717, 1.165) is 45.4 Å². The summed E-state index contributed by atoms with van der Waals surface area (Å²) in [7, 11) is 1.74. The number of nitrogens with zero attached hydrogens (tertiary/aromatic N) is 1. The molecule has 0 bridgehead atoms. The van der Waals surface area contributed by atoms with Gasteiger partial charge in [-0.3, -0.25) is 4.79 Å². The van der Waals surface area contributed by atoms with Crippen LogP contribution in [0.25, 0.3) is 0 Å². The summed E-state index contributed by atoms with van der Waals surface area (Å²) in [6, 6.07) is 0. The summed E-state index contributed by atoms with van der Waals surface area (Å²) < 4.78 is 5.21. The Labute approximate surface area is 104 Å². The number of allylic oxidation sites excluding steroid dienone is 2. The van der Waals surface area contributed by atoms with Gasteiger partial charge >= 0.3 is 0 Å². The van der Waals surface area contributed by atoms with E-state index >= 15 is 0 Å². The Bertz CT molecular complexity index is 286. The summed E-state index contributed by atoms with van der Waals surface area (Å²) in [5.41, 5.74) is 0. The molecule has 1 aliphatic carbocycles. The molecule has 17 heavy (non-hydrogen) atoms. The number of amides is 1. The lowest BCUT2D eigenvalue weighted by atomic mass is 9.91. The minimum absolute atomic E-state index is 0.237. The quantitative estimate of drug-likeness (QED) is 0.704. The smallest absolute Gasteiger partial charge is 0.226 e. The van der Waals surface area contributed by atoms with Crippen molar-refractivity contribution in [3.63, 3.8) is 0 Å². The fourth-order valence-electron chi connectivity index (χ4n) is 2.91. The zero-order valence-corrected chi connectivity index (χ0v) is 10.7. The van der Waals surface area contributed by atoms with E-state index in [1.807, 2.05) is 0 Å². The van der Waals surface area contributed by atoms with Gasteiger partial charge in [-0.1, -0.05) is 12.2 Å². The molecule has 1 saturated heterocycles. The van der Waals surface area contributed by atoms with E-state index in [2.05, 4.69) is 17.1 Å². The minimum atomic E-state index is 0.237. The fraction of sp³-hybridized carbons (Fsp3) is 0.786. The van der Waals surface area contributed by atoms with E-state index in [1.54, 1.807) is 7.11 Å². The Hall–Kier alpha value is -0.830. The highest BCUT2D eigenvalue weighted by Crippen LogP contribution is 2.24. The molecule has 1 fully saturated rings. The maximum absolute atomic E-state index is 12.4. The lowest BCUT2D eigenvalue weighted by molar-refractivity contribution is -0.138. The molecule has 2 rings (SSSR count). The van der Waals surface area contributed by atoms with Crippen molar-refractivity contribution in [2.24, 2.45) is 11.8 Å². The Morgan fingerprint density at radius 3 is 3.00 bits per heavy atom. The van der Waals surface area contributed by atoms with Crippen LogP contribution in [0.3, 0.4) is 0 Å². The lowest BCUT2D eigenvalue weighted by Gasteiger charge is -2.35. The first-order valence-corrected chi connectivity index (χ1v) is 6.74. The predicted molar refractivity (Wildman–Crippen MR) is 67.7 cm³/mol. The van der Waals surface area contributed by atoms with Gasteiger partial charge in [0.05, 0.1) is 6.61 Å². The van der Waals surface area contributed by atoms with Crippen molar-refractivity contribution >= 4 is 5.91 Å². The Morgan fingerprint density at radius 2 is 2.29 bits per heavy atom. The van der Waals surface area contributed by atoms with E-state index in [9.17, 15) is 4.79 Å². The third-order valence-corrected chi connectivity index (χ3v) is 3.85. The molecular formula is C14H23NO2. The third-order valence-electron chi connectivity index (χ3n) is 3.85. The van der Waals surface area contributed by atoms with Crippen LogP contribution in [0.2, 0.25) is 0 Å². The molecule has 96 valence electrons. The zero-order valence-electron chi connectivity index (χ0n) is 10.7. The highest BCUT2D eigenvalue weighted by Gasteiger charge is 2.28. The van der Waals surface area contributed by atoms with Crippen molar-refractivity contribution in [2.45, 2.75) is 32.1 Å². The monoisotopic (exact) mass is 237 g/mol. The van der Waals surface area contributed by atoms with Crippen molar-refractivity contribution in [2.75, 3.05) is 26.8 Å². The minimum Gasteiger partial charge on any atom is -0.384 e. The first-order valence-electron chi connectivity index (χ1n) is 6.74. The number of ether oxygens (including phenoxy) is 1. The molecule has 0 aromatic rings. The van der Waals surface area contributed by atoms with Gasteiger partial charge in [-0.05, 0) is 38.0 Å². The molecule has 0 N–H and O–H groups in total. The summed E-state index contributed by atoms with van der Waals surface area (Å²) in [5, 5.41) is 0. The van der Waals surface area contributed by atoms with Crippen molar-refractivity contribution < 1.29 is 9.53 Å². The highest BCUT2D eigenvalue weighted by atomic mass is 16.5. The Kier molecular flexibility index (Phi) is 4.60. The number of carbonyl (C=O) groups is 1. The summed E-state index contributed by atoms with van der Waals surface area (Å²) in [4.78, 5) is 14.4. The topological polar surface area (TPSA) is 29.5 Å². The van der Waals surface area contributed by atoms with Crippen molar-refractivity contribution in [3.8, 4) is 0 Å². The first kappa shape index (κ1) is 12.6. The summed E-state index contributed by atoms with van der Waals surface area (Å²) in [6.07, 6.45) is 9.69. The van der Waals surface area contributed by atoms with E-state index < -0.39 is 0 Å². The first-order chi connectivity index (χ1) is 8.31. The average Bonchev–Trinajstić information content (AvgIpc) is 2.40. The number of hydrogen-bond donors (Lipinski definition) is 0. The van der Waals surface area contributed by atoms with Crippen molar-refractivity contribution in [1.29, 1.82) is 0 Å². The van der Waals surface area contributed by atoms with Crippen LogP contribution >= 0.6 is 0 Å². The van der Waals surface area contributed by atoms with E-state index in [4.69, 9.17) is 4.74 Å². The number of rotatable bonds is 3. The molecule has 2 atom stereocenters. The van der Waals surface area contributed by atoms with Crippen LogP contribution in [0, 0.1) is 11.8 Å². The lowest BCUT2D eigenvalue weighted by Crippen LogP contribution is -2.44. The predicted octanol–water partition coefficient (Wildman–Crippen LogP) is 2.23. The Morgan fingerprint density at radius 1 is 1.41 bits per heavy atom. The van der Waals surface area contributed by atoms with Crippen LogP contribution in [0.15, 0.2) is 12.2 Å². The SMILES string of the molecule is COCC1CCCN(C(=O)C2CC=CCC2)C1. The molecule has 0 spiro atoms. The normalized spacial score (nSPS) is 29.4. The number of piperidine rings is 1. The van der Waals surface area contributed by atoms with Gasteiger partial charge in [-0.15, -0.1) is 0 Å². The molecule has 1 aliphatic heterocycles. The number of likely N-dealkylation sites (tertiary alicyclic amines) is 1. The maximum atomic E-state index is 12.4. The molecular weight excluding hydrogens is 214 g/mol. The fourth-order valence-corrected chi connectivity index (χ4v) is 2.91. The van der Waals surface area contributed by atoms with E-state index in [1.165, 1.54) is 6.42 Å². The molecule has 0 aromatic carbocycles. The molecule has 3 heteroatoms. The standard InChI is InChI=1S/C14H23NO2/c1-17-11-12-6-5-9-15(10-12)14(16)13-7-3-2-4-8-13/h2-3,12-13H,4-11H2,1H3. The Balaban J connectivity index is 1.87. The molecule has 2 aliphatic rings. The van der Waals surface area contributed by atoms with Gasteiger partial charge in [0.2, 0.25) is 5.91 Å². The molecule has 1 heterocycles. The van der Waals surface area contributed by atoms with E-state index in [-0.39, 0.29) is 5.92 Å². The van der Waals surface area contributed by atoms with Gasteiger partial charge in [-0.2, -0.15) is 0 Å². The van der Waals surface area contributed by atoms with Crippen molar-refractivity contribution in [1.82, 2.24) is 4.90 Å². The van der Waals surface area contributed by atoms with Crippen LogP contribution in [0.5, 0.6) is 0 Å². The molecule has 3 nitrogen and oxygen atoms in total. The molecule has 1 amide bonds. The van der Waals surface area contributed by atoms with Crippen LogP contribution in [-0.2, 0) is 9.53 Å². The summed E-state index contributed by atoms with van der Waals surface area (Å²) in [6.45, 7) is 2.63. The average molecular weight is 237 g/mol. The molecule has 0 saturated carbocycles. The van der Waals surface area contributed by atoms with Crippen LogP contribution in [-0.4, -0.2) is 37.6 Å². The van der Waals surface area contributed by atoms with Gasteiger partial charge in [0.15, 0.2) is 0 Å². The third kappa shape index (κ3) is 3.32. The second kappa shape index (κ2) is 6.20. The highest BCUT2D eigenvalue weighted by molar-refractivity contribution is 5.79. The van der Waals surface area contributed by atoms with Crippen LogP contribution in [0.1, 0.15) is 32.1 Å². The summed E-state index contributed by atoms with van der Waals surface area (Å²) in [5.74, 6) is 1.15. The van der Waals surface area contributed by atoms with Crippen LogP contribution < -0.4 is 0 Å². The molecule has 2 unspecified atom stereocenters. The van der Waals surface area contributed by atoms with Gasteiger partial charge in [0.1, 0.15) is 0 Å². The molecule has 0 radical (unpaired) electrons. The van der Waals surface area contributed by atoms with Crippen molar-refractivity contribution in [3.05, 3.63) is 12.2 Å². The van der Waals surface area contributed by atoms with Gasteiger partial charge < -0.3 is 9.64 Å².